The first-order valence-corrected chi connectivity index (χ1v) is 13.8. The molecule has 2 aliphatic heterocycles. The van der Waals surface area contributed by atoms with E-state index in [1.54, 1.807) is 38.2 Å². The minimum atomic E-state index is -4.46. The van der Waals surface area contributed by atoms with Crippen LogP contribution in [0.15, 0.2) is 36.4 Å². The number of halogens is 3. The van der Waals surface area contributed by atoms with Crippen LogP contribution in [0, 0.1) is 5.92 Å². The number of hydrogen-bond donors (Lipinski definition) is 3. The molecule has 234 valence electrons. The second-order valence-corrected chi connectivity index (χ2v) is 10.8. The lowest BCUT2D eigenvalue weighted by atomic mass is 10.0. The van der Waals surface area contributed by atoms with Gasteiger partial charge >= 0.3 is 12.2 Å². The van der Waals surface area contributed by atoms with Crippen molar-refractivity contribution >= 4 is 29.2 Å². The van der Waals surface area contributed by atoms with E-state index in [0.717, 1.165) is 0 Å². The van der Waals surface area contributed by atoms with Crippen molar-refractivity contribution in [3.8, 4) is 17.2 Å². The van der Waals surface area contributed by atoms with Crippen molar-refractivity contribution in [1.29, 1.82) is 0 Å². The van der Waals surface area contributed by atoms with E-state index in [4.69, 9.17) is 14.2 Å². The highest BCUT2D eigenvalue weighted by Crippen LogP contribution is 2.34. The predicted octanol–water partition coefficient (Wildman–Crippen LogP) is 4.01. The molecule has 0 fully saturated rings. The summed E-state index contributed by atoms with van der Waals surface area (Å²) in [5.74, 6) is 0.0353. The first-order chi connectivity index (χ1) is 20.3. The maximum absolute atomic E-state index is 13.3. The molecule has 4 rings (SSSR count). The zero-order valence-corrected chi connectivity index (χ0v) is 24.1. The predicted molar refractivity (Wildman–Crippen MR) is 150 cm³/mol. The van der Waals surface area contributed by atoms with Gasteiger partial charge in [-0.15, -0.1) is 0 Å². The third kappa shape index (κ3) is 8.43. The summed E-state index contributed by atoms with van der Waals surface area (Å²) in [6.07, 6.45) is -7.19. The molecular weight excluding hydrogens is 573 g/mol. The van der Waals surface area contributed by atoms with E-state index >= 15 is 0 Å². The van der Waals surface area contributed by atoms with Gasteiger partial charge in [-0.1, -0.05) is 6.92 Å². The quantitative estimate of drug-likeness (QED) is 0.413. The molecule has 2 aliphatic rings. The van der Waals surface area contributed by atoms with Crippen molar-refractivity contribution in [3.05, 3.63) is 42.0 Å². The van der Waals surface area contributed by atoms with E-state index in [9.17, 15) is 32.7 Å². The van der Waals surface area contributed by atoms with Gasteiger partial charge < -0.3 is 39.8 Å². The molecule has 0 unspecified atom stereocenters. The van der Waals surface area contributed by atoms with Crippen LogP contribution in [0.3, 0.4) is 0 Å². The Hall–Kier alpha value is -4.20. The Morgan fingerprint density at radius 2 is 1.77 bits per heavy atom. The normalized spacial score (nSPS) is 18.9. The molecule has 0 spiro atoms. The molecule has 0 bridgehead atoms. The average Bonchev–Trinajstić information content (AvgIpc) is 3.43. The second-order valence-electron chi connectivity index (χ2n) is 10.8. The van der Waals surface area contributed by atoms with Crippen LogP contribution in [0.1, 0.15) is 32.3 Å². The standard InChI is InChI=1S/C29H35F3N4O7/c1-17-13-36(18(2)15-37)27(39)11-19-10-20(33-26(38)8-9-29(30,31)32)4-6-22(19)43-25(17)14-35(3)28(40)34-21-5-7-23-24(12-21)42-16-41-23/h4-7,10,12,17-18,25,37H,8-9,11,13-16H2,1-3H3,(H,33,38)(H,34,40)/t17-,18-,25+/m1/s1. The number of urea groups is 1. The summed E-state index contributed by atoms with van der Waals surface area (Å²) in [7, 11) is 1.60. The number of nitrogens with zero attached hydrogens (tertiary/aromatic N) is 2. The maximum atomic E-state index is 13.3. The van der Waals surface area contributed by atoms with Gasteiger partial charge in [-0.2, -0.15) is 13.2 Å². The van der Waals surface area contributed by atoms with E-state index < -0.39 is 43.1 Å². The molecule has 2 aromatic rings. The number of nitrogens with one attached hydrogen (secondary N) is 2. The maximum Gasteiger partial charge on any atom is 0.389 e. The monoisotopic (exact) mass is 608 g/mol. The van der Waals surface area contributed by atoms with Crippen LogP contribution in [0.5, 0.6) is 17.2 Å². The van der Waals surface area contributed by atoms with Crippen LogP contribution in [0.25, 0.3) is 0 Å². The lowest BCUT2D eigenvalue weighted by molar-refractivity contribution is -0.142. The molecule has 0 saturated carbocycles. The summed E-state index contributed by atoms with van der Waals surface area (Å²) >= 11 is 0. The number of carbonyl (C=O) groups excluding carboxylic acids is 3. The third-order valence-electron chi connectivity index (χ3n) is 7.26. The van der Waals surface area contributed by atoms with Crippen molar-refractivity contribution in [2.45, 2.75) is 51.4 Å². The van der Waals surface area contributed by atoms with Gasteiger partial charge in [-0.3, -0.25) is 9.59 Å². The number of aliphatic hydroxyl groups excluding tert-OH is 1. The van der Waals surface area contributed by atoms with E-state index in [1.165, 1.54) is 21.9 Å². The van der Waals surface area contributed by atoms with Gasteiger partial charge in [0, 0.05) is 48.9 Å². The van der Waals surface area contributed by atoms with Crippen molar-refractivity contribution in [2.75, 3.05) is 44.2 Å². The Balaban J connectivity index is 1.53. The molecule has 0 aromatic heterocycles. The Kier molecular flexibility index (Phi) is 9.89. The minimum Gasteiger partial charge on any atom is -0.488 e. The number of rotatable bonds is 8. The van der Waals surface area contributed by atoms with Crippen LogP contribution in [-0.4, -0.2) is 84.6 Å². The van der Waals surface area contributed by atoms with E-state index in [-0.39, 0.29) is 50.4 Å². The van der Waals surface area contributed by atoms with Crippen LogP contribution in [0.4, 0.5) is 29.3 Å². The first-order valence-electron chi connectivity index (χ1n) is 13.8. The summed E-state index contributed by atoms with van der Waals surface area (Å²) in [6, 6.07) is 8.63. The van der Waals surface area contributed by atoms with Gasteiger partial charge in [0.05, 0.1) is 32.0 Å². The number of ether oxygens (including phenoxy) is 3. The lowest BCUT2D eigenvalue weighted by Crippen LogP contribution is -2.48. The topological polar surface area (TPSA) is 130 Å². The lowest BCUT2D eigenvalue weighted by Gasteiger charge is -2.34. The number of alkyl halides is 3. The fourth-order valence-corrected chi connectivity index (χ4v) is 4.75. The highest BCUT2D eigenvalue weighted by molar-refractivity contribution is 5.91. The van der Waals surface area contributed by atoms with Crippen molar-refractivity contribution in [3.63, 3.8) is 0 Å². The average molecular weight is 609 g/mol. The molecule has 0 radical (unpaired) electrons. The zero-order valence-electron chi connectivity index (χ0n) is 24.1. The highest BCUT2D eigenvalue weighted by Gasteiger charge is 2.32. The highest BCUT2D eigenvalue weighted by atomic mass is 19.4. The van der Waals surface area contributed by atoms with Crippen molar-refractivity contribution in [1.82, 2.24) is 9.80 Å². The van der Waals surface area contributed by atoms with Crippen LogP contribution in [0.2, 0.25) is 0 Å². The first kappa shape index (κ1) is 31.7. The number of hydrogen-bond acceptors (Lipinski definition) is 7. The second kappa shape index (κ2) is 13.4. The minimum absolute atomic E-state index is 0.103. The number of aliphatic hydroxyl groups is 1. The van der Waals surface area contributed by atoms with Gasteiger partial charge in [0.15, 0.2) is 11.5 Å². The number of likely N-dealkylation sites (N-methyl/N-ethyl adjacent to an activating group) is 1. The third-order valence-corrected chi connectivity index (χ3v) is 7.26. The number of fused-ring (bicyclic) bond motifs is 2. The molecule has 2 heterocycles. The number of amides is 4. The molecule has 3 atom stereocenters. The van der Waals surface area contributed by atoms with Gasteiger partial charge in [0.1, 0.15) is 11.9 Å². The SMILES string of the molecule is C[C@@H]1CN([C@H](C)CO)C(=O)Cc2cc(NC(=O)CCC(F)(F)F)ccc2O[C@H]1CN(C)C(=O)Nc1ccc2c(c1)OCO2. The summed E-state index contributed by atoms with van der Waals surface area (Å²) in [5.41, 5.74) is 1.13. The van der Waals surface area contributed by atoms with Gasteiger partial charge in [-0.05, 0) is 37.3 Å². The summed E-state index contributed by atoms with van der Waals surface area (Å²) < 4.78 is 54.7. The molecule has 2 aromatic carbocycles. The summed E-state index contributed by atoms with van der Waals surface area (Å²) in [4.78, 5) is 41.5. The Morgan fingerprint density at radius 3 is 2.47 bits per heavy atom. The molecule has 14 heteroatoms. The van der Waals surface area contributed by atoms with Gasteiger partial charge in [-0.25, -0.2) is 4.79 Å². The Morgan fingerprint density at radius 1 is 1.09 bits per heavy atom. The van der Waals surface area contributed by atoms with E-state index in [0.29, 0.717) is 28.5 Å². The number of benzene rings is 2. The molecule has 11 nitrogen and oxygen atoms in total. The van der Waals surface area contributed by atoms with Crippen LogP contribution < -0.4 is 24.8 Å². The smallest absolute Gasteiger partial charge is 0.389 e. The van der Waals surface area contributed by atoms with Crippen LogP contribution >= 0.6 is 0 Å². The van der Waals surface area contributed by atoms with E-state index in [1.807, 2.05) is 6.92 Å². The molecule has 43 heavy (non-hydrogen) atoms. The molecule has 0 saturated heterocycles. The summed E-state index contributed by atoms with van der Waals surface area (Å²) in [5, 5.41) is 15.1. The van der Waals surface area contributed by atoms with Crippen molar-refractivity contribution in [2.24, 2.45) is 5.92 Å². The van der Waals surface area contributed by atoms with Gasteiger partial charge in [0.25, 0.3) is 0 Å². The fraction of sp³-hybridized carbons (Fsp3) is 0.483. The van der Waals surface area contributed by atoms with Gasteiger partial charge in [0.2, 0.25) is 18.6 Å². The zero-order chi connectivity index (χ0) is 31.3. The fourth-order valence-electron chi connectivity index (χ4n) is 4.75. The number of anilines is 2. The molecule has 3 N–H and O–H groups in total. The van der Waals surface area contributed by atoms with E-state index in [2.05, 4.69) is 10.6 Å². The molecular formula is C29H35F3N4O7. The molecule has 0 aliphatic carbocycles. The van der Waals surface area contributed by atoms with Crippen LogP contribution in [-0.2, 0) is 16.0 Å². The summed E-state index contributed by atoms with van der Waals surface area (Å²) in [6.45, 7) is 3.77. The van der Waals surface area contributed by atoms with Crippen molar-refractivity contribution < 1.29 is 46.9 Å². The molecule has 4 amide bonds. The Bertz CT molecular complexity index is 1340. The number of carbonyl (C=O) groups is 3. The largest absolute Gasteiger partial charge is 0.488 e. The Labute approximate surface area is 246 Å².